The van der Waals surface area contributed by atoms with Crippen LogP contribution >= 0.6 is 11.3 Å². The SMILES string of the molecule is C=C.CC.CC(F)(F)COc1ccc2c(n1)CCN(CCC1CCCCC1)CC2.CN.Cc1ncc(CC=O)s1. The number of hydrogen-bond donors (Lipinski definition) is 1. The van der Waals surface area contributed by atoms with E-state index in [0.29, 0.717) is 12.3 Å². The van der Waals surface area contributed by atoms with E-state index in [4.69, 9.17) is 4.74 Å². The normalized spacial score (nSPS) is 15.1. The van der Waals surface area contributed by atoms with E-state index in [1.165, 1.54) is 57.7 Å². The molecule has 228 valence electrons. The maximum Gasteiger partial charge on any atom is 0.278 e. The first kappa shape index (κ1) is 37.8. The lowest BCUT2D eigenvalue weighted by atomic mass is 9.87. The Hall–Kier alpha value is -2.23. The van der Waals surface area contributed by atoms with Gasteiger partial charge in [-0.2, -0.15) is 0 Å². The van der Waals surface area contributed by atoms with Crippen molar-refractivity contribution in [3.8, 4) is 5.88 Å². The Balaban J connectivity index is 0.000000846. The van der Waals surface area contributed by atoms with Crippen LogP contribution < -0.4 is 10.5 Å². The van der Waals surface area contributed by atoms with Crippen LogP contribution in [0.3, 0.4) is 0 Å². The topological polar surface area (TPSA) is 81.3 Å². The number of thiazole rings is 1. The van der Waals surface area contributed by atoms with Gasteiger partial charge >= 0.3 is 0 Å². The first-order valence-electron chi connectivity index (χ1n) is 14.5. The molecule has 0 saturated heterocycles. The Morgan fingerprint density at radius 2 is 1.80 bits per heavy atom. The monoisotopic (exact) mass is 582 g/mol. The Bertz CT molecular complexity index is 915. The Morgan fingerprint density at radius 1 is 1.15 bits per heavy atom. The number of alkyl halides is 2. The number of pyridine rings is 1. The highest BCUT2D eigenvalue weighted by atomic mass is 32.1. The summed E-state index contributed by atoms with van der Waals surface area (Å²) in [5.74, 6) is -1.60. The largest absolute Gasteiger partial charge is 0.471 e. The minimum absolute atomic E-state index is 0.316. The first-order valence-corrected chi connectivity index (χ1v) is 15.3. The van der Waals surface area contributed by atoms with E-state index in [9.17, 15) is 13.6 Å². The van der Waals surface area contributed by atoms with E-state index in [2.05, 4.69) is 33.8 Å². The predicted molar refractivity (Wildman–Crippen MR) is 165 cm³/mol. The summed E-state index contributed by atoms with van der Waals surface area (Å²) in [7, 11) is 1.50. The van der Waals surface area contributed by atoms with Gasteiger partial charge in [-0.25, -0.2) is 18.7 Å². The van der Waals surface area contributed by atoms with Crippen LogP contribution in [0.2, 0.25) is 0 Å². The van der Waals surface area contributed by atoms with E-state index in [1.54, 1.807) is 23.6 Å². The number of nitrogens with two attached hydrogens (primary N) is 1. The van der Waals surface area contributed by atoms with Crippen LogP contribution in [0.1, 0.15) is 80.4 Å². The van der Waals surface area contributed by atoms with Crippen LogP contribution in [0, 0.1) is 12.8 Å². The predicted octanol–water partition coefficient (Wildman–Crippen LogP) is 7.08. The lowest BCUT2D eigenvalue weighted by Crippen LogP contribution is -2.29. The Labute approximate surface area is 245 Å². The fraction of sp³-hybridized carbons (Fsp3) is 0.645. The summed E-state index contributed by atoms with van der Waals surface area (Å²) in [5.41, 5.74) is 6.74. The number of halogens is 2. The molecule has 40 heavy (non-hydrogen) atoms. The van der Waals surface area contributed by atoms with Gasteiger partial charge < -0.3 is 20.2 Å². The number of carbonyl (C=O) groups excluding carboxylic acids is 1. The lowest BCUT2D eigenvalue weighted by molar-refractivity contribution is -0.107. The number of aldehydes is 1. The molecule has 1 saturated carbocycles. The summed E-state index contributed by atoms with van der Waals surface area (Å²) in [6.07, 6.45) is 13.3. The molecule has 4 rings (SSSR count). The molecule has 9 heteroatoms. The number of hydrogen-bond acceptors (Lipinski definition) is 7. The molecule has 0 radical (unpaired) electrons. The summed E-state index contributed by atoms with van der Waals surface area (Å²) >= 11 is 1.57. The number of aromatic nitrogens is 2. The number of rotatable bonds is 8. The maximum atomic E-state index is 12.9. The third-order valence-corrected chi connectivity index (χ3v) is 7.35. The molecular weight excluding hydrogens is 530 g/mol. The summed E-state index contributed by atoms with van der Waals surface area (Å²) in [5, 5.41) is 1.02. The van der Waals surface area contributed by atoms with Gasteiger partial charge in [0.15, 0.2) is 6.61 Å². The van der Waals surface area contributed by atoms with Crippen LogP contribution in [0.5, 0.6) is 5.88 Å². The van der Waals surface area contributed by atoms with Crippen LogP contribution in [-0.2, 0) is 24.1 Å². The van der Waals surface area contributed by atoms with Crippen molar-refractivity contribution in [2.24, 2.45) is 11.7 Å². The molecule has 0 spiro atoms. The molecule has 1 fully saturated rings. The van der Waals surface area contributed by atoms with Gasteiger partial charge in [-0.15, -0.1) is 24.5 Å². The van der Waals surface area contributed by atoms with Crippen molar-refractivity contribution >= 4 is 17.6 Å². The lowest BCUT2D eigenvalue weighted by Gasteiger charge is -2.26. The highest BCUT2D eigenvalue weighted by Crippen LogP contribution is 2.27. The van der Waals surface area contributed by atoms with Gasteiger partial charge in [-0.05, 0) is 44.8 Å². The van der Waals surface area contributed by atoms with Crippen molar-refractivity contribution in [3.05, 3.63) is 52.6 Å². The number of carbonyl (C=O) groups is 1. The fourth-order valence-corrected chi connectivity index (χ4v) is 5.28. The number of aryl methyl sites for hydroxylation is 1. The minimum Gasteiger partial charge on any atom is -0.471 e. The average molecular weight is 583 g/mol. The van der Waals surface area contributed by atoms with Gasteiger partial charge in [0.1, 0.15) is 6.29 Å². The number of fused-ring (bicyclic) bond motifs is 1. The molecule has 2 N–H and O–H groups in total. The zero-order valence-electron chi connectivity index (χ0n) is 25.4. The summed E-state index contributed by atoms with van der Waals surface area (Å²) in [6, 6.07) is 3.72. The second-order valence-electron chi connectivity index (χ2n) is 9.46. The molecule has 0 aromatic carbocycles. The van der Waals surface area contributed by atoms with E-state index in [1.807, 2.05) is 26.8 Å². The molecular formula is C31H52F2N4O2S. The molecule has 2 aromatic rings. The molecule has 2 aromatic heterocycles. The number of ether oxygens (including phenoxy) is 1. The van der Waals surface area contributed by atoms with Gasteiger partial charge in [-0.3, -0.25) is 0 Å². The fourth-order valence-electron chi connectivity index (χ4n) is 4.54. The maximum absolute atomic E-state index is 12.9. The highest BCUT2D eigenvalue weighted by Gasteiger charge is 2.23. The Morgan fingerprint density at radius 3 is 2.38 bits per heavy atom. The standard InChI is InChI=1S/C20H30F2N2O.C6H7NOS.C2H6.C2H4.CH5N/c1-20(21,22)15-25-19-8-7-17-10-13-24(14-11-18(17)23-19)12-9-16-5-3-2-4-6-16;1-5-7-4-6(9-5)2-3-8;3*1-2/h7-8,16H,2-6,9-15H2,1H3;3-4H,2H2,1H3;1-2H3;1-2H2;2H2,1H3. The van der Waals surface area contributed by atoms with Crippen LogP contribution in [0.25, 0.3) is 0 Å². The van der Waals surface area contributed by atoms with Crippen LogP contribution in [-0.4, -0.2) is 60.4 Å². The second kappa shape index (κ2) is 22.5. The highest BCUT2D eigenvalue weighted by molar-refractivity contribution is 7.11. The van der Waals surface area contributed by atoms with Gasteiger partial charge in [-0.1, -0.05) is 52.0 Å². The molecule has 1 aliphatic heterocycles. The smallest absolute Gasteiger partial charge is 0.278 e. The van der Waals surface area contributed by atoms with Gasteiger partial charge in [0, 0.05) is 55.7 Å². The van der Waals surface area contributed by atoms with E-state index < -0.39 is 12.5 Å². The van der Waals surface area contributed by atoms with Crippen molar-refractivity contribution < 1.29 is 18.3 Å². The summed E-state index contributed by atoms with van der Waals surface area (Å²) < 4.78 is 31.0. The average Bonchev–Trinajstić information content (AvgIpc) is 3.28. The van der Waals surface area contributed by atoms with Gasteiger partial charge in [0.25, 0.3) is 5.92 Å². The van der Waals surface area contributed by atoms with Gasteiger partial charge in [0.05, 0.1) is 5.01 Å². The van der Waals surface area contributed by atoms with Crippen molar-refractivity contribution in [2.75, 3.05) is 33.3 Å². The van der Waals surface area contributed by atoms with E-state index >= 15 is 0 Å². The minimum atomic E-state index is -2.83. The summed E-state index contributed by atoms with van der Waals surface area (Å²) in [4.78, 5) is 22.0. The third kappa shape index (κ3) is 16.1. The quantitative estimate of drug-likeness (QED) is 0.265. The molecule has 0 unspecified atom stereocenters. The molecule has 0 amide bonds. The van der Waals surface area contributed by atoms with Crippen LogP contribution in [0.4, 0.5) is 8.78 Å². The molecule has 0 atom stereocenters. The zero-order chi connectivity index (χ0) is 30.4. The number of nitrogens with zero attached hydrogens (tertiary/aromatic N) is 3. The van der Waals surface area contributed by atoms with Crippen molar-refractivity contribution in [2.45, 2.75) is 91.4 Å². The van der Waals surface area contributed by atoms with Crippen molar-refractivity contribution in [3.63, 3.8) is 0 Å². The van der Waals surface area contributed by atoms with E-state index in [0.717, 1.165) is 60.6 Å². The molecule has 2 aliphatic rings. The van der Waals surface area contributed by atoms with Crippen molar-refractivity contribution in [1.29, 1.82) is 0 Å². The van der Waals surface area contributed by atoms with E-state index in [-0.39, 0.29) is 0 Å². The van der Waals surface area contributed by atoms with Crippen LogP contribution in [0.15, 0.2) is 31.5 Å². The third-order valence-electron chi connectivity index (χ3n) is 6.41. The molecule has 0 bridgehead atoms. The van der Waals surface area contributed by atoms with Gasteiger partial charge in [0.2, 0.25) is 5.88 Å². The first-order chi connectivity index (χ1) is 19.3. The summed E-state index contributed by atoms with van der Waals surface area (Å²) in [6.45, 7) is 15.4. The Kier molecular flexibility index (Phi) is 21.2. The molecule has 3 heterocycles. The second-order valence-corrected chi connectivity index (χ2v) is 10.8. The van der Waals surface area contributed by atoms with Crippen molar-refractivity contribution in [1.82, 2.24) is 14.9 Å². The zero-order valence-corrected chi connectivity index (χ0v) is 26.2. The molecule has 1 aliphatic carbocycles. The molecule has 6 nitrogen and oxygen atoms in total.